The molecule has 1 aromatic carbocycles. The highest BCUT2D eigenvalue weighted by atomic mass is 19.3. The van der Waals surface area contributed by atoms with Gasteiger partial charge in [-0.05, 0) is 30.9 Å². The predicted octanol–water partition coefficient (Wildman–Crippen LogP) is 3.86. The zero-order valence-corrected chi connectivity index (χ0v) is 10.5. The molecule has 0 aliphatic carbocycles. The van der Waals surface area contributed by atoms with Crippen molar-refractivity contribution in [1.29, 1.82) is 0 Å². The molecule has 0 unspecified atom stereocenters. The number of hydrogen-bond donors (Lipinski definition) is 1. The third-order valence-electron chi connectivity index (χ3n) is 2.69. The van der Waals surface area contributed by atoms with Crippen LogP contribution in [0.3, 0.4) is 0 Å². The summed E-state index contributed by atoms with van der Waals surface area (Å²) in [6.45, 7) is 5.15. The SMILES string of the molecule is CC(C)CCCNc1ccc2c(c1)OC(F)(F)O2. The molecule has 0 spiro atoms. The van der Waals surface area contributed by atoms with E-state index in [1.165, 1.54) is 12.1 Å². The van der Waals surface area contributed by atoms with Gasteiger partial charge in [0.25, 0.3) is 0 Å². The molecular formula is C13H17F2NO2. The van der Waals surface area contributed by atoms with Gasteiger partial charge < -0.3 is 14.8 Å². The number of ether oxygens (including phenoxy) is 2. The number of halogens is 2. The van der Waals surface area contributed by atoms with Gasteiger partial charge in [-0.25, -0.2) is 0 Å². The van der Waals surface area contributed by atoms with Crippen molar-refractivity contribution >= 4 is 5.69 Å². The van der Waals surface area contributed by atoms with E-state index in [1.54, 1.807) is 6.07 Å². The second-order valence-electron chi connectivity index (χ2n) is 4.79. The molecule has 1 N–H and O–H groups in total. The van der Waals surface area contributed by atoms with Gasteiger partial charge in [0, 0.05) is 18.3 Å². The Bertz CT molecular complexity index is 421. The van der Waals surface area contributed by atoms with Crippen molar-refractivity contribution in [1.82, 2.24) is 0 Å². The molecule has 1 aliphatic heterocycles. The normalized spacial score (nSPS) is 16.1. The van der Waals surface area contributed by atoms with Gasteiger partial charge in [0.2, 0.25) is 0 Å². The van der Waals surface area contributed by atoms with Gasteiger partial charge in [0.1, 0.15) is 0 Å². The fourth-order valence-corrected chi connectivity index (χ4v) is 1.80. The zero-order chi connectivity index (χ0) is 13.2. The van der Waals surface area contributed by atoms with Gasteiger partial charge in [-0.3, -0.25) is 0 Å². The summed E-state index contributed by atoms with van der Waals surface area (Å²) in [5.74, 6) is 0.823. The average molecular weight is 257 g/mol. The molecule has 5 heteroatoms. The van der Waals surface area contributed by atoms with Crippen molar-refractivity contribution in [3.8, 4) is 11.5 Å². The summed E-state index contributed by atoms with van der Waals surface area (Å²) >= 11 is 0. The standard InChI is InChI=1S/C13H17F2NO2/c1-9(2)4-3-7-16-10-5-6-11-12(8-10)18-13(14,15)17-11/h5-6,8-9,16H,3-4,7H2,1-2H3. The number of hydrogen-bond acceptors (Lipinski definition) is 3. The Morgan fingerprint density at radius 1 is 1.22 bits per heavy atom. The molecule has 0 bridgehead atoms. The lowest BCUT2D eigenvalue weighted by molar-refractivity contribution is -0.286. The van der Waals surface area contributed by atoms with Crippen LogP contribution in [0, 0.1) is 5.92 Å². The zero-order valence-electron chi connectivity index (χ0n) is 10.5. The third kappa shape index (κ3) is 3.24. The lowest BCUT2D eigenvalue weighted by atomic mass is 10.1. The highest BCUT2D eigenvalue weighted by molar-refractivity contribution is 5.55. The molecule has 18 heavy (non-hydrogen) atoms. The van der Waals surface area contributed by atoms with Crippen molar-refractivity contribution in [2.45, 2.75) is 33.0 Å². The minimum absolute atomic E-state index is 0.0766. The maximum atomic E-state index is 12.8. The number of alkyl halides is 2. The van der Waals surface area contributed by atoms with E-state index >= 15 is 0 Å². The molecule has 2 rings (SSSR count). The van der Waals surface area contributed by atoms with E-state index in [2.05, 4.69) is 28.6 Å². The average Bonchev–Trinajstić information content (AvgIpc) is 2.57. The Labute approximate surface area is 105 Å². The first kappa shape index (κ1) is 12.9. The molecule has 0 fully saturated rings. The van der Waals surface area contributed by atoms with E-state index < -0.39 is 6.29 Å². The summed E-state index contributed by atoms with van der Waals surface area (Å²) < 4.78 is 34.3. The van der Waals surface area contributed by atoms with Crippen LogP contribution in [0.2, 0.25) is 0 Å². The first-order valence-electron chi connectivity index (χ1n) is 6.10. The smallest absolute Gasteiger partial charge is 0.395 e. The van der Waals surface area contributed by atoms with Crippen LogP contribution in [0.15, 0.2) is 18.2 Å². The summed E-state index contributed by atoms with van der Waals surface area (Å²) in [7, 11) is 0. The van der Waals surface area contributed by atoms with E-state index in [0.717, 1.165) is 25.1 Å². The van der Waals surface area contributed by atoms with Gasteiger partial charge in [-0.2, -0.15) is 0 Å². The molecule has 1 heterocycles. The van der Waals surface area contributed by atoms with Crippen LogP contribution < -0.4 is 14.8 Å². The van der Waals surface area contributed by atoms with Crippen LogP contribution >= 0.6 is 0 Å². The minimum atomic E-state index is -3.54. The number of benzene rings is 1. The molecule has 0 saturated heterocycles. The van der Waals surface area contributed by atoms with E-state index in [-0.39, 0.29) is 11.5 Å². The quantitative estimate of drug-likeness (QED) is 0.812. The van der Waals surface area contributed by atoms with Crippen molar-refractivity contribution < 1.29 is 18.3 Å². The van der Waals surface area contributed by atoms with Gasteiger partial charge in [0.15, 0.2) is 11.5 Å². The van der Waals surface area contributed by atoms with Crippen LogP contribution in [0.25, 0.3) is 0 Å². The van der Waals surface area contributed by atoms with Crippen LogP contribution in [0.1, 0.15) is 26.7 Å². The van der Waals surface area contributed by atoms with Gasteiger partial charge in [-0.1, -0.05) is 13.8 Å². The Balaban J connectivity index is 1.89. The molecule has 100 valence electrons. The summed E-state index contributed by atoms with van der Waals surface area (Å²) in [5, 5.41) is 3.18. The van der Waals surface area contributed by atoms with Gasteiger partial charge >= 0.3 is 6.29 Å². The van der Waals surface area contributed by atoms with Crippen molar-refractivity contribution in [3.63, 3.8) is 0 Å². The van der Waals surface area contributed by atoms with E-state index in [9.17, 15) is 8.78 Å². The number of anilines is 1. The lowest BCUT2D eigenvalue weighted by Gasteiger charge is -2.08. The van der Waals surface area contributed by atoms with Gasteiger partial charge in [0.05, 0.1) is 0 Å². The summed E-state index contributed by atoms with van der Waals surface area (Å²) in [6.07, 6.45) is -1.36. The topological polar surface area (TPSA) is 30.5 Å². The second-order valence-corrected chi connectivity index (χ2v) is 4.79. The molecule has 1 aromatic rings. The van der Waals surface area contributed by atoms with Crippen molar-refractivity contribution in [2.75, 3.05) is 11.9 Å². The Kier molecular flexibility index (Phi) is 3.59. The van der Waals surface area contributed by atoms with E-state index in [0.29, 0.717) is 5.92 Å². The first-order chi connectivity index (χ1) is 8.46. The first-order valence-corrected chi connectivity index (χ1v) is 6.10. The maximum absolute atomic E-state index is 12.8. The molecule has 0 saturated carbocycles. The number of fused-ring (bicyclic) bond motifs is 1. The Morgan fingerprint density at radius 3 is 2.67 bits per heavy atom. The number of nitrogens with one attached hydrogen (secondary N) is 1. The highest BCUT2D eigenvalue weighted by Gasteiger charge is 2.43. The molecule has 0 atom stereocenters. The second kappa shape index (κ2) is 5.00. The summed E-state index contributed by atoms with van der Waals surface area (Å²) in [5.41, 5.74) is 0.763. The lowest BCUT2D eigenvalue weighted by Crippen LogP contribution is -2.25. The molecule has 3 nitrogen and oxygen atoms in total. The largest absolute Gasteiger partial charge is 0.586 e. The number of rotatable bonds is 5. The third-order valence-corrected chi connectivity index (χ3v) is 2.69. The summed E-state index contributed by atoms with van der Waals surface area (Å²) in [4.78, 5) is 0. The fraction of sp³-hybridized carbons (Fsp3) is 0.538. The molecule has 1 aliphatic rings. The molecule has 0 amide bonds. The van der Waals surface area contributed by atoms with Crippen LogP contribution in [0.5, 0.6) is 11.5 Å². The van der Waals surface area contributed by atoms with Crippen LogP contribution in [0.4, 0.5) is 14.5 Å². The van der Waals surface area contributed by atoms with Crippen LogP contribution in [-0.4, -0.2) is 12.8 Å². The van der Waals surface area contributed by atoms with E-state index in [1.807, 2.05) is 0 Å². The Hall–Kier alpha value is -1.52. The highest BCUT2D eigenvalue weighted by Crippen LogP contribution is 2.42. The van der Waals surface area contributed by atoms with Crippen molar-refractivity contribution in [3.05, 3.63) is 18.2 Å². The monoisotopic (exact) mass is 257 g/mol. The maximum Gasteiger partial charge on any atom is 0.586 e. The van der Waals surface area contributed by atoms with Gasteiger partial charge in [-0.15, -0.1) is 8.78 Å². The van der Waals surface area contributed by atoms with E-state index in [4.69, 9.17) is 0 Å². The molecule has 0 aromatic heterocycles. The minimum Gasteiger partial charge on any atom is -0.395 e. The van der Waals surface area contributed by atoms with Crippen molar-refractivity contribution in [2.24, 2.45) is 5.92 Å². The predicted molar refractivity (Wildman–Crippen MR) is 65.2 cm³/mol. The Morgan fingerprint density at radius 2 is 1.94 bits per heavy atom. The molecular weight excluding hydrogens is 240 g/mol. The molecule has 0 radical (unpaired) electrons. The fourth-order valence-electron chi connectivity index (χ4n) is 1.80. The summed E-state index contributed by atoms with van der Waals surface area (Å²) in [6, 6.07) is 4.73. The van der Waals surface area contributed by atoms with Crippen LogP contribution in [-0.2, 0) is 0 Å².